The molecule has 94 valence electrons. The van der Waals surface area contributed by atoms with Gasteiger partial charge in [0.25, 0.3) is 0 Å². The van der Waals surface area contributed by atoms with Crippen molar-refractivity contribution in [1.82, 2.24) is 5.32 Å². The van der Waals surface area contributed by atoms with Crippen LogP contribution in [0.2, 0.25) is 0 Å². The summed E-state index contributed by atoms with van der Waals surface area (Å²) >= 11 is 0. The maximum atomic E-state index is 10.7. The van der Waals surface area contributed by atoms with E-state index in [1.807, 2.05) is 6.92 Å². The molecule has 0 aliphatic carbocycles. The van der Waals surface area contributed by atoms with Crippen molar-refractivity contribution in [2.24, 2.45) is 5.92 Å². The highest BCUT2D eigenvalue weighted by atomic mass is 16.3. The Morgan fingerprint density at radius 2 is 2.06 bits per heavy atom. The highest BCUT2D eigenvalue weighted by Gasteiger charge is 2.32. The van der Waals surface area contributed by atoms with Crippen LogP contribution in [0.5, 0.6) is 0 Å². The molecule has 2 nitrogen and oxygen atoms in total. The highest BCUT2D eigenvalue weighted by molar-refractivity contribution is 5.23. The van der Waals surface area contributed by atoms with E-state index in [1.54, 1.807) is 0 Å². The van der Waals surface area contributed by atoms with Crippen LogP contribution in [0.15, 0.2) is 24.3 Å². The van der Waals surface area contributed by atoms with Gasteiger partial charge in [0, 0.05) is 6.42 Å². The Morgan fingerprint density at radius 1 is 1.35 bits per heavy atom. The maximum absolute atomic E-state index is 10.7. The molecule has 2 heteroatoms. The predicted octanol–water partition coefficient (Wildman–Crippen LogP) is 2.29. The molecule has 1 aliphatic rings. The van der Waals surface area contributed by atoms with E-state index in [4.69, 9.17) is 0 Å². The summed E-state index contributed by atoms with van der Waals surface area (Å²) in [6, 6.07) is 8.46. The molecule has 0 spiro atoms. The molecular formula is C15H23NO. The van der Waals surface area contributed by atoms with E-state index < -0.39 is 5.60 Å². The summed E-state index contributed by atoms with van der Waals surface area (Å²) in [5, 5.41) is 14.0. The zero-order chi connectivity index (χ0) is 12.3. The monoisotopic (exact) mass is 233 g/mol. The topological polar surface area (TPSA) is 32.3 Å². The first kappa shape index (κ1) is 12.6. The number of aliphatic hydroxyl groups is 1. The van der Waals surface area contributed by atoms with Gasteiger partial charge in [-0.05, 0) is 51.3 Å². The van der Waals surface area contributed by atoms with Gasteiger partial charge in [0.2, 0.25) is 0 Å². The number of nitrogens with one attached hydrogen (secondary N) is 1. The van der Waals surface area contributed by atoms with E-state index in [9.17, 15) is 5.11 Å². The third kappa shape index (κ3) is 3.30. The first-order chi connectivity index (χ1) is 8.08. The number of piperidine rings is 1. The van der Waals surface area contributed by atoms with Gasteiger partial charge in [-0.25, -0.2) is 0 Å². The summed E-state index contributed by atoms with van der Waals surface area (Å²) in [5.41, 5.74) is 1.94. The minimum Gasteiger partial charge on any atom is -0.390 e. The Balaban J connectivity index is 2.05. The second kappa shape index (κ2) is 5.19. The van der Waals surface area contributed by atoms with E-state index in [0.717, 1.165) is 32.4 Å². The number of hydrogen-bond acceptors (Lipinski definition) is 2. The van der Waals surface area contributed by atoms with Crippen LogP contribution in [-0.4, -0.2) is 23.8 Å². The first-order valence-corrected chi connectivity index (χ1v) is 6.56. The van der Waals surface area contributed by atoms with Crippen molar-refractivity contribution in [2.45, 2.75) is 38.7 Å². The third-order valence-electron chi connectivity index (χ3n) is 3.86. The molecule has 0 amide bonds. The molecule has 2 N–H and O–H groups in total. The summed E-state index contributed by atoms with van der Waals surface area (Å²) in [6.07, 6.45) is 2.93. The molecule has 0 radical (unpaired) electrons. The number of benzene rings is 1. The smallest absolute Gasteiger partial charge is 0.0688 e. The summed E-state index contributed by atoms with van der Waals surface area (Å²) in [6.45, 7) is 6.16. The van der Waals surface area contributed by atoms with Crippen LogP contribution >= 0.6 is 0 Å². The fourth-order valence-corrected chi connectivity index (χ4v) is 2.82. The average molecular weight is 233 g/mol. The maximum Gasteiger partial charge on any atom is 0.0688 e. The van der Waals surface area contributed by atoms with Crippen LogP contribution in [0.4, 0.5) is 0 Å². The summed E-state index contributed by atoms with van der Waals surface area (Å²) in [4.78, 5) is 0. The van der Waals surface area contributed by atoms with E-state index >= 15 is 0 Å². The summed E-state index contributed by atoms with van der Waals surface area (Å²) < 4.78 is 0. The average Bonchev–Trinajstić information content (AvgIpc) is 2.29. The molecule has 17 heavy (non-hydrogen) atoms. The molecule has 0 bridgehead atoms. The zero-order valence-corrected chi connectivity index (χ0v) is 10.9. The molecule has 1 atom stereocenters. The largest absolute Gasteiger partial charge is 0.390 e. The van der Waals surface area contributed by atoms with Crippen LogP contribution in [0, 0.1) is 12.8 Å². The van der Waals surface area contributed by atoms with Crippen LogP contribution in [0.1, 0.15) is 30.9 Å². The lowest BCUT2D eigenvalue weighted by molar-refractivity contribution is -0.0131. The number of aryl methyl sites for hydroxylation is 1. The number of hydrogen-bond donors (Lipinski definition) is 2. The molecule has 1 aromatic rings. The first-order valence-electron chi connectivity index (χ1n) is 6.56. The lowest BCUT2D eigenvalue weighted by Crippen LogP contribution is -2.43. The Kier molecular flexibility index (Phi) is 3.85. The van der Waals surface area contributed by atoms with Crippen molar-refractivity contribution in [3.8, 4) is 0 Å². The van der Waals surface area contributed by atoms with Gasteiger partial charge in [-0.3, -0.25) is 0 Å². The van der Waals surface area contributed by atoms with Crippen molar-refractivity contribution in [2.75, 3.05) is 13.1 Å². The van der Waals surface area contributed by atoms with E-state index in [-0.39, 0.29) is 0 Å². The standard InChI is InChI=1S/C15H23NO/c1-12-4-3-5-13(10-12)11-15(2,17)14-6-8-16-9-7-14/h3-5,10,14,16-17H,6-9,11H2,1-2H3. The summed E-state index contributed by atoms with van der Waals surface area (Å²) in [5.74, 6) is 0.421. The second-order valence-electron chi connectivity index (χ2n) is 5.55. The Morgan fingerprint density at radius 3 is 2.71 bits per heavy atom. The minimum absolute atomic E-state index is 0.421. The van der Waals surface area contributed by atoms with Gasteiger partial charge in [0.1, 0.15) is 0 Å². The molecular weight excluding hydrogens is 210 g/mol. The van der Waals surface area contributed by atoms with Gasteiger partial charge in [-0.1, -0.05) is 29.8 Å². The lowest BCUT2D eigenvalue weighted by atomic mass is 9.78. The quantitative estimate of drug-likeness (QED) is 0.839. The van der Waals surface area contributed by atoms with Gasteiger partial charge in [-0.2, -0.15) is 0 Å². The third-order valence-corrected chi connectivity index (χ3v) is 3.86. The molecule has 1 aromatic carbocycles. The fraction of sp³-hybridized carbons (Fsp3) is 0.600. The molecule has 2 rings (SSSR count). The number of rotatable bonds is 3. The molecule has 0 saturated carbocycles. The molecule has 1 heterocycles. The molecule has 1 fully saturated rings. The second-order valence-corrected chi connectivity index (χ2v) is 5.55. The van der Waals surface area contributed by atoms with Gasteiger partial charge in [0.15, 0.2) is 0 Å². The molecule has 1 aliphatic heterocycles. The van der Waals surface area contributed by atoms with Gasteiger partial charge < -0.3 is 10.4 Å². The van der Waals surface area contributed by atoms with Crippen LogP contribution < -0.4 is 5.32 Å². The summed E-state index contributed by atoms with van der Waals surface area (Å²) in [7, 11) is 0. The van der Waals surface area contributed by atoms with Gasteiger partial charge in [0.05, 0.1) is 5.60 Å². The zero-order valence-electron chi connectivity index (χ0n) is 10.9. The SMILES string of the molecule is Cc1cccc(CC(C)(O)C2CCNCC2)c1. The fourth-order valence-electron chi connectivity index (χ4n) is 2.82. The molecule has 0 aromatic heterocycles. The minimum atomic E-state index is -0.574. The van der Waals surface area contributed by atoms with Crippen LogP contribution in [0.25, 0.3) is 0 Å². The Hall–Kier alpha value is -0.860. The van der Waals surface area contributed by atoms with Crippen molar-refractivity contribution in [3.05, 3.63) is 35.4 Å². The predicted molar refractivity (Wildman–Crippen MR) is 71.1 cm³/mol. The van der Waals surface area contributed by atoms with E-state index in [2.05, 4.69) is 36.5 Å². The van der Waals surface area contributed by atoms with Crippen molar-refractivity contribution < 1.29 is 5.11 Å². The van der Waals surface area contributed by atoms with Gasteiger partial charge >= 0.3 is 0 Å². The van der Waals surface area contributed by atoms with Crippen molar-refractivity contribution in [3.63, 3.8) is 0 Å². The highest BCUT2D eigenvalue weighted by Crippen LogP contribution is 2.29. The Bertz CT molecular complexity index is 367. The van der Waals surface area contributed by atoms with Gasteiger partial charge in [-0.15, -0.1) is 0 Å². The Labute approximate surface area is 104 Å². The lowest BCUT2D eigenvalue weighted by Gasteiger charge is -2.36. The normalized spacial score (nSPS) is 21.1. The van der Waals surface area contributed by atoms with Crippen molar-refractivity contribution in [1.29, 1.82) is 0 Å². The van der Waals surface area contributed by atoms with E-state index in [0.29, 0.717) is 5.92 Å². The molecule has 1 unspecified atom stereocenters. The van der Waals surface area contributed by atoms with E-state index in [1.165, 1.54) is 11.1 Å². The molecule has 1 saturated heterocycles. The van der Waals surface area contributed by atoms with Crippen LogP contribution in [0.3, 0.4) is 0 Å². The van der Waals surface area contributed by atoms with Crippen LogP contribution in [-0.2, 0) is 6.42 Å². The van der Waals surface area contributed by atoms with Crippen molar-refractivity contribution >= 4 is 0 Å².